The fraction of sp³-hybridized carbons (Fsp3) is 0.417. The van der Waals surface area contributed by atoms with Crippen molar-refractivity contribution in [1.82, 2.24) is 0 Å². The Morgan fingerprint density at radius 2 is 1.94 bits per heavy atom. The SMILES string of the molecule is CC(COc1ccc([C@H](C)O)cc1)C(N)=O. The number of rotatable bonds is 5. The Hall–Kier alpha value is -1.55. The molecule has 0 fully saturated rings. The van der Waals surface area contributed by atoms with Crippen molar-refractivity contribution in [2.45, 2.75) is 20.0 Å². The van der Waals surface area contributed by atoms with Gasteiger partial charge in [0.25, 0.3) is 0 Å². The molecular weight excluding hydrogens is 206 g/mol. The van der Waals surface area contributed by atoms with Crippen molar-refractivity contribution < 1.29 is 14.6 Å². The third-order valence-electron chi connectivity index (χ3n) is 2.35. The highest BCUT2D eigenvalue weighted by molar-refractivity contribution is 5.76. The number of primary amides is 1. The molecule has 88 valence electrons. The number of carbonyl (C=O) groups excluding carboxylic acids is 1. The Labute approximate surface area is 95.0 Å². The monoisotopic (exact) mass is 223 g/mol. The summed E-state index contributed by atoms with van der Waals surface area (Å²) in [4.78, 5) is 10.8. The molecule has 0 aromatic heterocycles. The average molecular weight is 223 g/mol. The second kappa shape index (κ2) is 5.51. The molecule has 0 spiro atoms. The Balaban J connectivity index is 2.52. The highest BCUT2D eigenvalue weighted by atomic mass is 16.5. The van der Waals surface area contributed by atoms with Crippen LogP contribution in [0.1, 0.15) is 25.5 Å². The number of hydrogen-bond acceptors (Lipinski definition) is 3. The van der Waals surface area contributed by atoms with Gasteiger partial charge in [-0.2, -0.15) is 0 Å². The summed E-state index contributed by atoms with van der Waals surface area (Å²) < 4.78 is 5.38. The zero-order chi connectivity index (χ0) is 12.1. The summed E-state index contributed by atoms with van der Waals surface area (Å²) in [6.45, 7) is 3.68. The van der Waals surface area contributed by atoms with Crippen LogP contribution in [0.25, 0.3) is 0 Å². The molecule has 0 saturated heterocycles. The Bertz CT molecular complexity index is 346. The molecule has 4 heteroatoms. The summed E-state index contributed by atoms with van der Waals surface area (Å²) >= 11 is 0. The van der Waals surface area contributed by atoms with Crippen molar-refractivity contribution in [2.24, 2.45) is 11.7 Å². The van der Waals surface area contributed by atoms with E-state index in [1.54, 1.807) is 38.1 Å². The smallest absolute Gasteiger partial charge is 0.223 e. The van der Waals surface area contributed by atoms with Crippen molar-refractivity contribution in [3.8, 4) is 5.75 Å². The number of benzene rings is 1. The highest BCUT2D eigenvalue weighted by Gasteiger charge is 2.09. The first-order chi connectivity index (χ1) is 7.50. The summed E-state index contributed by atoms with van der Waals surface area (Å²) in [7, 11) is 0. The van der Waals surface area contributed by atoms with Gasteiger partial charge in [0.1, 0.15) is 5.75 Å². The molecule has 0 radical (unpaired) electrons. The van der Waals surface area contributed by atoms with Gasteiger partial charge in [-0.3, -0.25) is 4.79 Å². The van der Waals surface area contributed by atoms with Crippen LogP contribution in [0, 0.1) is 5.92 Å². The number of aliphatic hydroxyl groups is 1. The Morgan fingerprint density at radius 3 is 2.38 bits per heavy atom. The van der Waals surface area contributed by atoms with Crippen molar-refractivity contribution in [3.05, 3.63) is 29.8 Å². The fourth-order valence-corrected chi connectivity index (χ4v) is 1.15. The maximum absolute atomic E-state index is 10.8. The zero-order valence-corrected chi connectivity index (χ0v) is 9.51. The molecule has 0 aliphatic heterocycles. The molecule has 0 heterocycles. The molecule has 4 nitrogen and oxygen atoms in total. The number of amides is 1. The number of carbonyl (C=O) groups is 1. The van der Waals surface area contributed by atoms with Gasteiger partial charge < -0.3 is 15.6 Å². The fourth-order valence-electron chi connectivity index (χ4n) is 1.15. The molecule has 0 aliphatic rings. The van der Waals surface area contributed by atoms with E-state index >= 15 is 0 Å². The number of nitrogens with two attached hydrogens (primary N) is 1. The Morgan fingerprint density at radius 1 is 1.38 bits per heavy atom. The normalized spacial score (nSPS) is 14.2. The molecule has 1 amide bonds. The van der Waals surface area contributed by atoms with Gasteiger partial charge in [0.15, 0.2) is 0 Å². The molecule has 2 atom stereocenters. The van der Waals surface area contributed by atoms with Crippen molar-refractivity contribution in [1.29, 1.82) is 0 Å². The van der Waals surface area contributed by atoms with Crippen LogP contribution in [-0.4, -0.2) is 17.6 Å². The minimum atomic E-state index is -0.487. The lowest BCUT2D eigenvalue weighted by molar-refractivity contribution is -0.122. The third-order valence-corrected chi connectivity index (χ3v) is 2.35. The molecule has 0 saturated carbocycles. The largest absolute Gasteiger partial charge is 0.493 e. The van der Waals surface area contributed by atoms with Crippen LogP contribution in [0.15, 0.2) is 24.3 Å². The predicted octanol–water partition coefficient (Wildman–Crippen LogP) is 1.24. The first kappa shape index (κ1) is 12.5. The zero-order valence-electron chi connectivity index (χ0n) is 9.51. The molecule has 0 bridgehead atoms. The number of ether oxygens (including phenoxy) is 1. The van der Waals surface area contributed by atoms with E-state index in [-0.39, 0.29) is 18.4 Å². The minimum Gasteiger partial charge on any atom is -0.493 e. The van der Waals surface area contributed by atoms with E-state index in [0.717, 1.165) is 5.56 Å². The van der Waals surface area contributed by atoms with Crippen molar-refractivity contribution in [3.63, 3.8) is 0 Å². The molecule has 3 N–H and O–H groups in total. The van der Waals surface area contributed by atoms with Gasteiger partial charge in [0.05, 0.1) is 18.6 Å². The van der Waals surface area contributed by atoms with Crippen molar-refractivity contribution in [2.75, 3.05) is 6.61 Å². The lowest BCUT2D eigenvalue weighted by Gasteiger charge is -2.11. The summed E-state index contributed by atoms with van der Waals surface area (Å²) in [5.41, 5.74) is 5.94. The maximum atomic E-state index is 10.8. The van der Waals surface area contributed by atoms with Crippen molar-refractivity contribution >= 4 is 5.91 Å². The van der Waals surface area contributed by atoms with Gasteiger partial charge in [-0.1, -0.05) is 19.1 Å². The molecule has 1 aromatic rings. The molecule has 1 aromatic carbocycles. The second-order valence-corrected chi connectivity index (χ2v) is 3.86. The van der Waals surface area contributed by atoms with Crippen LogP contribution in [0.5, 0.6) is 5.75 Å². The van der Waals surface area contributed by atoms with Gasteiger partial charge in [0.2, 0.25) is 5.91 Å². The topological polar surface area (TPSA) is 72.6 Å². The molecule has 16 heavy (non-hydrogen) atoms. The molecular formula is C12H17NO3. The highest BCUT2D eigenvalue weighted by Crippen LogP contribution is 2.17. The van der Waals surface area contributed by atoms with E-state index in [0.29, 0.717) is 5.75 Å². The van der Waals surface area contributed by atoms with E-state index < -0.39 is 6.10 Å². The summed E-state index contributed by atoms with van der Waals surface area (Å²) in [5.74, 6) is -0.0189. The lowest BCUT2D eigenvalue weighted by atomic mass is 10.1. The molecule has 1 unspecified atom stereocenters. The van der Waals surface area contributed by atoms with Gasteiger partial charge in [-0.25, -0.2) is 0 Å². The maximum Gasteiger partial charge on any atom is 0.223 e. The Kier molecular flexibility index (Phi) is 4.31. The van der Waals surface area contributed by atoms with Gasteiger partial charge in [-0.15, -0.1) is 0 Å². The summed E-state index contributed by atoms with van der Waals surface area (Å²) in [5, 5.41) is 9.30. The van der Waals surface area contributed by atoms with Gasteiger partial charge in [0, 0.05) is 0 Å². The second-order valence-electron chi connectivity index (χ2n) is 3.86. The molecule has 1 rings (SSSR count). The van der Waals surface area contributed by atoms with E-state index in [1.165, 1.54) is 0 Å². The van der Waals surface area contributed by atoms with Crippen LogP contribution >= 0.6 is 0 Å². The minimum absolute atomic E-state index is 0.267. The van der Waals surface area contributed by atoms with E-state index in [2.05, 4.69) is 0 Å². The quantitative estimate of drug-likeness (QED) is 0.788. The molecule has 0 aliphatic carbocycles. The number of hydrogen-bond donors (Lipinski definition) is 2. The lowest BCUT2D eigenvalue weighted by Crippen LogP contribution is -2.25. The standard InChI is InChI=1S/C12H17NO3/c1-8(12(13)15)7-16-11-5-3-10(4-6-11)9(2)14/h3-6,8-9,14H,7H2,1-2H3,(H2,13,15)/t8?,9-/m0/s1. The summed E-state index contributed by atoms with van der Waals surface area (Å²) in [6, 6.07) is 7.09. The first-order valence-corrected chi connectivity index (χ1v) is 5.21. The van der Waals surface area contributed by atoms with Crippen LogP contribution in [0.3, 0.4) is 0 Å². The predicted molar refractivity (Wildman–Crippen MR) is 60.9 cm³/mol. The van der Waals surface area contributed by atoms with E-state index in [4.69, 9.17) is 10.5 Å². The third kappa shape index (κ3) is 3.55. The summed E-state index contributed by atoms with van der Waals surface area (Å²) in [6.07, 6.45) is -0.487. The van der Waals surface area contributed by atoms with Gasteiger partial charge >= 0.3 is 0 Å². The number of aliphatic hydroxyl groups excluding tert-OH is 1. The van der Waals surface area contributed by atoms with E-state index in [9.17, 15) is 9.90 Å². The van der Waals surface area contributed by atoms with Crippen LogP contribution < -0.4 is 10.5 Å². The van der Waals surface area contributed by atoms with Crippen LogP contribution in [-0.2, 0) is 4.79 Å². The van der Waals surface area contributed by atoms with Gasteiger partial charge in [-0.05, 0) is 24.6 Å². The van der Waals surface area contributed by atoms with Crippen LogP contribution in [0.4, 0.5) is 0 Å². The van der Waals surface area contributed by atoms with Crippen LogP contribution in [0.2, 0.25) is 0 Å². The average Bonchev–Trinajstić information content (AvgIpc) is 2.26. The first-order valence-electron chi connectivity index (χ1n) is 5.21. The van der Waals surface area contributed by atoms with E-state index in [1.807, 2.05) is 0 Å².